The summed E-state index contributed by atoms with van der Waals surface area (Å²) < 4.78 is 0. The molecule has 1 heterocycles. The Morgan fingerprint density at radius 1 is 1.18 bits per heavy atom. The van der Waals surface area contributed by atoms with Crippen LogP contribution in [-0.2, 0) is 22.6 Å². The third kappa shape index (κ3) is 5.33. The van der Waals surface area contributed by atoms with Gasteiger partial charge in [0.25, 0.3) is 0 Å². The largest absolute Gasteiger partial charge is 0.352 e. The molecule has 1 aromatic heterocycles. The van der Waals surface area contributed by atoms with E-state index in [1.165, 1.54) is 11.0 Å². The van der Waals surface area contributed by atoms with Gasteiger partial charge < -0.3 is 5.32 Å². The van der Waals surface area contributed by atoms with Gasteiger partial charge in [0.2, 0.25) is 11.0 Å². The molecule has 0 aliphatic rings. The van der Waals surface area contributed by atoms with E-state index in [0.717, 1.165) is 33.9 Å². The molecule has 0 unspecified atom stereocenters. The Bertz CT molecular complexity index is 1010. The second-order valence-electron chi connectivity index (χ2n) is 6.64. The van der Waals surface area contributed by atoms with E-state index in [1.807, 2.05) is 19.1 Å². The van der Waals surface area contributed by atoms with Gasteiger partial charge in [-0.15, -0.1) is 24.0 Å². The Morgan fingerprint density at radius 3 is 2.75 bits per heavy atom. The molecule has 1 N–H and O–H groups in total. The Morgan fingerprint density at radius 2 is 2.04 bits per heavy atom. The maximum atomic E-state index is 12.0. The maximum Gasteiger partial charge on any atom is 0.220 e. The van der Waals surface area contributed by atoms with Gasteiger partial charge in [-0.3, -0.25) is 9.59 Å². The van der Waals surface area contributed by atoms with Crippen molar-refractivity contribution in [2.45, 2.75) is 32.7 Å². The SMILES string of the molecule is CCCC(=O)NCc1cc(-c2cccs2)cc2ccc(CC=CC(=O)S)cc12. The summed E-state index contributed by atoms with van der Waals surface area (Å²) in [6.45, 7) is 2.50. The quantitative estimate of drug-likeness (QED) is 0.379. The summed E-state index contributed by atoms with van der Waals surface area (Å²) in [5, 5.41) is 7.13. The van der Waals surface area contributed by atoms with Crippen molar-refractivity contribution < 1.29 is 9.59 Å². The molecule has 0 bridgehead atoms. The normalized spacial score (nSPS) is 11.2. The van der Waals surface area contributed by atoms with Gasteiger partial charge >= 0.3 is 0 Å². The fourth-order valence-electron chi connectivity index (χ4n) is 3.15. The second-order valence-corrected chi connectivity index (χ2v) is 8.03. The Hall–Kier alpha value is -2.37. The van der Waals surface area contributed by atoms with Gasteiger partial charge in [0.15, 0.2) is 0 Å². The predicted molar refractivity (Wildman–Crippen MR) is 121 cm³/mol. The standard InChI is InChI=1S/C23H23NO2S2/c1-2-5-22(25)24-15-19-14-18(21-7-4-11-28-21)13-17-10-9-16(12-20(17)19)6-3-8-23(26)27/h3-4,7-14H,2,5-6,15H2,1H3,(H,24,25)(H,26,27). The molecule has 5 heteroatoms. The van der Waals surface area contributed by atoms with Crippen molar-refractivity contribution in [3.63, 3.8) is 0 Å². The predicted octanol–water partition coefficient (Wildman–Crippen LogP) is 5.54. The number of hydrogen-bond donors (Lipinski definition) is 2. The van der Waals surface area contributed by atoms with Crippen LogP contribution in [-0.4, -0.2) is 11.0 Å². The van der Waals surface area contributed by atoms with Crippen LogP contribution < -0.4 is 5.32 Å². The van der Waals surface area contributed by atoms with Crippen molar-refractivity contribution in [3.05, 3.63) is 71.1 Å². The first kappa shape index (κ1) is 20.4. The number of amides is 1. The van der Waals surface area contributed by atoms with Crippen molar-refractivity contribution >= 4 is 45.8 Å². The Kier molecular flexibility index (Phi) is 7.06. The summed E-state index contributed by atoms with van der Waals surface area (Å²) in [5.41, 5.74) is 3.38. The van der Waals surface area contributed by atoms with E-state index in [4.69, 9.17) is 0 Å². The topological polar surface area (TPSA) is 46.2 Å². The fourth-order valence-corrected chi connectivity index (χ4v) is 3.97. The molecule has 0 atom stereocenters. The monoisotopic (exact) mass is 409 g/mol. The third-order valence-corrected chi connectivity index (χ3v) is 5.55. The summed E-state index contributed by atoms with van der Waals surface area (Å²) in [5.74, 6) is 0.0727. The average molecular weight is 410 g/mol. The highest BCUT2D eigenvalue weighted by atomic mass is 32.1. The van der Waals surface area contributed by atoms with Crippen LogP contribution in [0.4, 0.5) is 0 Å². The molecular weight excluding hydrogens is 386 g/mol. The van der Waals surface area contributed by atoms with E-state index in [-0.39, 0.29) is 11.0 Å². The van der Waals surface area contributed by atoms with Crippen LogP contribution in [0.3, 0.4) is 0 Å². The molecule has 0 saturated carbocycles. The minimum Gasteiger partial charge on any atom is -0.352 e. The van der Waals surface area contributed by atoms with Crippen molar-refractivity contribution in [2.75, 3.05) is 0 Å². The number of thiophene rings is 1. The number of allylic oxidation sites excluding steroid dienone is 1. The molecule has 0 spiro atoms. The zero-order valence-corrected chi connectivity index (χ0v) is 17.5. The number of fused-ring (bicyclic) bond motifs is 1. The lowest BCUT2D eigenvalue weighted by atomic mass is 9.97. The molecule has 28 heavy (non-hydrogen) atoms. The number of thiol groups is 1. The molecule has 0 fully saturated rings. The van der Waals surface area contributed by atoms with E-state index >= 15 is 0 Å². The molecule has 3 nitrogen and oxygen atoms in total. The number of carbonyl (C=O) groups is 2. The third-order valence-electron chi connectivity index (χ3n) is 4.48. The van der Waals surface area contributed by atoms with Gasteiger partial charge in [-0.1, -0.05) is 37.3 Å². The van der Waals surface area contributed by atoms with Crippen LogP contribution in [0.25, 0.3) is 21.2 Å². The number of nitrogens with one attached hydrogen (secondary N) is 1. The smallest absolute Gasteiger partial charge is 0.220 e. The Balaban J connectivity index is 1.97. The highest BCUT2D eigenvalue weighted by Crippen LogP contribution is 2.31. The molecule has 1 amide bonds. The highest BCUT2D eigenvalue weighted by Gasteiger charge is 2.09. The lowest BCUT2D eigenvalue weighted by Gasteiger charge is -2.12. The minimum absolute atomic E-state index is 0.0727. The van der Waals surface area contributed by atoms with Crippen molar-refractivity contribution in [1.82, 2.24) is 5.32 Å². The first-order valence-electron chi connectivity index (χ1n) is 9.32. The summed E-state index contributed by atoms with van der Waals surface area (Å²) in [7, 11) is 0. The first-order valence-corrected chi connectivity index (χ1v) is 10.6. The van der Waals surface area contributed by atoms with Crippen molar-refractivity contribution in [1.29, 1.82) is 0 Å². The van der Waals surface area contributed by atoms with Gasteiger partial charge in [0, 0.05) is 17.8 Å². The second kappa shape index (κ2) is 9.71. The molecule has 0 aliphatic carbocycles. The molecule has 144 valence electrons. The van der Waals surface area contributed by atoms with Crippen LogP contribution in [0.2, 0.25) is 0 Å². The van der Waals surface area contributed by atoms with Crippen LogP contribution >= 0.6 is 24.0 Å². The van der Waals surface area contributed by atoms with Crippen LogP contribution in [0.1, 0.15) is 30.9 Å². The molecule has 0 radical (unpaired) electrons. The van der Waals surface area contributed by atoms with Crippen LogP contribution in [0, 0.1) is 0 Å². The lowest BCUT2D eigenvalue weighted by Crippen LogP contribution is -2.22. The Labute approximate surface area is 174 Å². The fraction of sp³-hybridized carbons (Fsp3) is 0.217. The van der Waals surface area contributed by atoms with E-state index in [2.05, 4.69) is 59.7 Å². The van der Waals surface area contributed by atoms with Gasteiger partial charge in [0.1, 0.15) is 0 Å². The van der Waals surface area contributed by atoms with E-state index in [0.29, 0.717) is 19.4 Å². The van der Waals surface area contributed by atoms with Gasteiger partial charge in [-0.25, -0.2) is 0 Å². The van der Waals surface area contributed by atoms with E-state index in [1.54, 1.807) is 11.3 Å². The zero-order chi connectivity index (χ0) is 19.9. The summed E-state index contributed by atoms with van der Waals surface area (Å²) in [4.78, 5) is 24.2. The van der Waals surface area contributed by atoms with E-state index in [9.17, 15) is 9.59 Å². The lowest BCUT2D eigenvalue weighted by molar-refractivity contribution is -0.121. The maximum absolute atomic E-state index is 12.0. The molecule has 3 rings (SSSR count). The van der Waals surface area contributed by atoms with Crippen LogP contribution in [0.5, 0.6) is 0 Å². The number of carbonyl (C=O) groups excluding carboxylic acids is 2. The van der Waals surface area contributed by atoms with Gasteiger partial charge in [0.05, 0.1) is 0 Å². The highest BCUT2D eigenvalue weighted by molar-refractivity contribution is 7.97. The van der Waals surface area contributed by atoms with Crippen molar-refractivity contribution in [3.8, 4) is 10.4 Å². The minimum atomic E-state index is -0.249. The molecular formula is C23H23NO2S2. The zero-order valence-electron chi connectivity index (χ0n) is 15.8. The number of benzene rings is 2. The first-order chi connectivity index (χ1) is 13.6. The number of rotatable bonds is 8. The average Bonchev–Trinajstić information content (AvgIpc) is 3.21. The van der Waals surface area contributed by atoms with Gasteiger partial charge in [-0.05, 0) is 70.0 Å². The molecule has 2 aromatic carbocycles. The molecule has 3 aromatic rings. The van der Waals surface area contributed by atoms with Gasteiger partial charge in [-0.2, -0.15) is 0 Å². The van der Waals surface area contributed by atoms with Crippen molar-refractivity contribution in [2.24, 2.45) is 0 Å². The molecule has 0 aliphatic heterocycles. The molecule has 0 saturated heterocycles. The van der Waals surface area contributed by atoms with Crippen LogP contribution in [0.15, 0.2) is 60.0 Å². The summed E-state index contributed by atoms with van der Waals surface area (Å²) in [6, 6.07) is 14.8. The summed E-state index contributed by atoms with van der Waals surface area (Å²) in [6.07, 6.45) is 5.33. The summed E-state index contributed by atoms with van der Waals surface area (Å²) >= 11 is 5.47. The van der Waals surface area contributed by atoms with E-state index < -0.39 is 0 Å². The number of hydrogen-bond acceptors (Lipinski definition) is 3.